The topological polar surface area (TPSA) is 72.0 Å². The summed E-state index contributed by atoms with van der Waals surface area (Å²) in [5, 5.41) is -0.319. The van der Waals surface area contributed by atoms with Crippen LogP contribution in [-0.4, -0.2) is 36.7 Å². The fraction of sp³-hybridized carbons (Fsp3) is 0.471. The van der Waals surface area contributed by atoms with Crippen molar-refractivity contribution in [3.05, 3.63) is 46.1 Å². The van der Waals surface area contributed by atoms with E-state index in [9.17, 15) is 21.6 Å². The first-order valence-electron chi connectivity index (χ1n) is 8.21. The number of rotatable bonds is 5. The molecule has 27 heavy (non-hydrogen) atoms. The second-order valence-electron chi connectivity index (χ2n) is 6.73. The van der Waals surface area contributed by atoms with Gasteiger partial charge in [-0.25, -0.2) is 26.6 Å². The van der Waals surface area contributed by atoms with Gasteiger partial charge in [0, 0.05) is 19.1 Å². The van der Waals surface area contributed by atoms with Gasteiger partial charge in [0.15, 0.2) is 14.9 Å². The third kappa shape index (κ3) is 4.47. The Morgan fingerprint density at radius 3 is 2.63 bits per heavy atom. The summed E-state index contributed by atoms with van der Waals surface area (Å²) in [7, 11) is -3.59. The zero-order valence-corrected chi connectivity index (χ0v) is 16.2. The van der Waals surface area contributed by atoms with E-state index in [0.717, 1.165) is 12.3 Å². The van der Waals surface area contributed by atoms with Crippen LogP contribution in [-0.2, 0) is 14.6 Å². The number of halogens is 4. The summed E-state index contributed by atoms with van der Waals surface area (Å²) in [6, 6.07) is 3.84. The largest absolute Gasteiger partial charge is 0.362 e. The second kappa shape index (κ2) is 7.10. The maximum Gasteiger partial charge on any atom is 0.250 e. The molecule has 2 atom stereocenters. The Labute approximate surface area is 159 Å². The minimum absolute atomic E-state index is 0.130. The number of aryl methyl sites for hydroxylation is 1. The van der Waals surface area contributed by atoms with Gasteiger partial charge in [0.2, 0.25) is 0 Å². The van der Waals surface area contributed by atoms with Gasteiger partial charge in [-0.15, -0.1) is 0 Å². The predicted octanol–water partition coefficient (Wildman–Crippen LogP) is 4.21. The normalized spacial score (nSPS) is 20.7. The summed E-state index contributed by atoms with van der Waals surface area (Å²) in [6.07, 6.45) is -1.31. The molecule has 0 amide bonds. The van der Waals surface area contributed by atoms with Gasteiger partial charge in [0.1, 0.15) is 17.7 Å². The Balaban J connectivity index is 2.01. The molecule has 0 saturated heterocycles. The van der Waals surface area contributed by atoms with Crippen LogP contribution in [0.15, 0.2) is 23.2 Å². The number of sulfone groups is 1. The monoisotopic (exact) mass is 422 g/mol. The van der Waals surface area contributed by atoms with Crippen molar-refractivity contribution in [1.29, 1.82) is 0 Å². The maximum absolute atomic E-state index is 13.5. The fourth-order valence-electron chi connectivity index (χ4n) is 3.15. The van der Waals surface area contributed by atoms with Crippen LogP contribution in [0.3, 0.4) is 0 Å². The number of aromatic amines is 1. The quantitative estimate of drug-likeness (QED) is 0.783. The molecule has 2 unspecified atom stereocenters. The lowest BCUT2D eigenvalue weighted by Gasteiger charge is -2.21. The van der Waals surface area contributed by atoms with Gasteiger partial charge in [-0.1, -0.05) is 17.7 Å². The summed E-state index contributed by atoms with van der Waals surface area (Å²) in [5.41, 5.74) is 0.677. The molecule has 10 heteroatoms. The van der Waals surface area contributed by atoms with Crippen LogP contribution in [0, 0.1) is 12.7 Å². The Morgan fingerprint density at radius 2 is 2.11 bits per heavy atom. The van der Waals surface area contributed by atoms with Gasteiger partial charge in [-0.3, -0.25) is 0 Å². The molecule has 0 aliphatic heterocycles. The molecule has 1 aromatic carbocycles. The highest BCUT2D eigenvalue weighted by atomic mass is 35.5. The average Bonchev–Trinajstić information content (AvgIpc) is 3.10. The van der Waals surface area contributed by atoms with E-state index in [4.69, 9.17) is 16.3 Å². The summed E-state index contributed by atoms with van der Waals surface area (Å²) in [6.45, 7) is 1.53. The lowest BCUT2D eigenvalue weighted by molar-refractivity contribution is -0.0359. The minimum Gasteiger partial charge on any atom is -0.362 e. The molecule has 148 valence electrons. The maximum atomic E-state index is 13.5. The molecule has 0 spiro atoms. The van der Waals surface area contributed by atoms with Crippen molar-refractivity contribution in [1.82, 2.24) is 9.97 Å². The molecule has 1 aromatic heterocycles. The van der Waals surface area contributed by atoms with Crippen LogP contribution in [0.4, 0.5) is 13.2 Å². The number of ether oxygens (including phenoxy) is 1. The van der Waals surface area contributed by atoms with E-state index in [1.54, 1.807) is 0 Å². The van der Waals surface area contributed by atoms with Gasteiger partial charge in [0.25, 0.3) is 5.92 Å². The Hall–Kier alpha value is -1.58. The summed E-state index contributed by atoms with van der Waals surface area (Å²) < 4.78 is 70.2. The average molecular weight is 423 g/mol. The standard InChI is InChI=1S/C17H18ClF3N2O3S/c1-9-16(27(2,24)25)23-15(22-9)14(10-3-4-13(19)12(18)7-10)26-11-5-6-17(20,21)8-11/h3-4,7,11,14H,5-6,8H2,1-2H3,(H,22,23). The highest BCUT2D eigenvalue weighted by Gasteiger charge is 2.41. The first-order valence-corrected chi connectivity index (χ1v) is 10.5. The molecule has 2 aromatic rings. The van der Waals surface area contributed by atoms with Crippen molar-refractivity contribution < 1.29 is 26.3 Å². The van der Waals surface area contributed by atoms with Crippen molar-refractivity contribution in [2.75, 3.05) is 6.26 Å². The van der Waals surface area contributed by atoms with E-state index in [-0.39, 0.29) is 28.7 Å². The number of aromatic nitrogens is 2. The van der Waals surface area contributed by atoms with Gasteiger partial charge < -0.3 is 9.72 Å². The van der Waals surface area contributed by atoms with Gasteiger partial charge in [0.05, 0.1) is 16.8 Å². The van der Waals surface area contributed by atoms with Crippen LogP contribution in [0.25, 0.3) is 0 Å². The number of alkyl halides is 2. The highest BCUT2D eigenvalue weighted by molar-refractivity contribution is 7.90. The van der Waals surface area contributed by atoms with Crippen molar-refractivity contribution in [2.45, 2.75) is 49.3 Å². The van der Waals surface area contributed by atoms with Gasteiger partial charge in [-0.05, 0) is 31.0 Å². The van der Waals surface area contributed by atoms with Gasteiger partial charge in [-0.2, -0.15) is 0 Å². The lowest BCUT2D eigenvalue weighted by atomic mass is 10.1. The number of hydrogen-bond donors (Lipinski definition) is 1. The summed E-state index contributed by atoms with van der Waals surface area (Å²) in [4.78, 5) is 6.93. The van der Waals surface area contributed by atoms with Crippen molar-refractivity contribution in [2.24, 2.45) is 0 Å². The number of hydrogen-bond acceptors (Lipinski definition) is 4. The lowest BCUT2D eigenvalue weighted by Crippen LogP contribution is -2.19. The number of nitrogens with zero attached hydrogens (tertiary/aromatic N) is 1. The molecule has 5 nitrogen and oxygen atoms in total. The van der Waals surface area contributed by atoms with Crippen LogP contribution in [0.1, 0.15) is 42.4 Å². The number of imidazole rings is 1. The molecular formula is C17H18ClF3N2O3S. The smallest absolute Gasteiger partial charge is 0.250 e. The third-order valence-corrected chi connectivity index (χ3v) is 5.78. The van der Waals surface area contributed by atoms with Crippen LogP contribution in [0.2, 0.25) is 5.02 Å². The van der Waals surface area contributed by atoms with E-state index in [1.165, 1.54) is 19.1 Å². The van der Waals surface area contributed by atoms with E-state index in [1.807, 2.05) is 0 Å². The van der Waals surface area contributed by atoms with Crippen molar-refractivity contribution >= 4 is 21.4 Å². The van der Waals surface area contributed by atoms with E-state index >= 15 is 0 Å². The van der Waals surface area contributed by atoms with Gasteiger partial charge >= 0.3 is 0 Å². The first kappa shape index (κ1) is 20.2. The number of H-pyrrole nitrogens is 1. The van der Waals surface area contributed by atoms with Crippen LogP contribution < -0.4 is 0 Å². The first-order chi connectivity index (χ1) is 12.5. The van der Waals surface area contributed by atoms with Crippen LogP contribution >= 0.6 is 11.6 Å². The highest BCUT2D eigenvalue weighted by Crippen LogP contribution is 2.40. The molecule has 0 bridgehead atoms. The van der Waals surface area contributed by atoms with Crippen molar-refractivity contribution in [3.8, 4) is 0 Å². The second-order valence-corrected chi connectivity index (χ2v) is 9.07. The van der Waals surface area contributed by atoms with Crippen LogP contribution in [0.5, 0.6) is 0 Å². The zero-order chi connectivity index (χ0) is 20.0. The molecule has 1 aliphatic rings. The molecule has 1 aliphatic carbocycles. The van der Waals surface area contributed by atoms with E-state index < -0.39 is 40.2 Å². The molecular weight excluding hydrogens is 405 g/mol. The Bertz CT molecular complexity index is 962. The molecule has 1 N–H and O–H groups in total. The minimum atomic E-state index is -3.59. The van der Waals surface area contributed by atoms with Crippen molar-refractivity contribution in [3.63, 3.8) is 0 Å². The molecule has 1 heterocycles. The fourth-order valence-corrected chi connectivity index (χ4v) is 4.21. The predicted molar refractivity (Wildman–Crippen MR) is 93.4 cm³/mol. The summed E-state index contributed by atoms with van der Waals surface area (Å²) in [5.74, 6) is -3.32. The van der Waals surface area contributed by atoms with E-state index in [2.05, 4.69) is 9.97 Å². The molecule has 3 rings (SSSR count). The molecule has 1 fully saturated rings. The SMILES string of the molecule is Cc1[nH]c(C(OC2CCC(F)(F)C2)c2ccc(F)c(Cl)c2)nc1S(C)(=O)=O. The number of nitrogens with one attached hydrogen (secondary N) is 1. The third-order valence-electron chi connectivity index (χ3n) is 4.39. The van der Waals surface area contributed by atoms with E-state index in [0.29, 0.717) is 11.3 Å². The molecule has 0 radical (unpaired) electrons. The Morgan fingerprint density at radius 1 is 1.41 bits per heavy atom. The Kier molecular flexibility index (Phi) is 5.31. The zero-order valence-electron chi connectivity index (χ0n) is 14.6. The molecule has 1 saturated carbocycles. The summed E-state index contributed by atoms with van der Waals surface area (Å²) >= 11 is 5.84. The number of benzene rings is 1.